The first-order chi connectivity index (χ1) is 12.5. The Hall–Kier alpha value is -2.36. The molecule has 1 heterocycles. The number of hydrogen-bond acceptors (Lipinski definition) is 3. The molecule has 26 heavy (non-hydrogen) atoms. The number of hydrogen-bond donors (Lipinski definition) is 2. The van der Waals surface area contributed by atoms with Crippen LogP contribution in [0.3, 0.4) is 0 Å². The molecule has 0 bridgehead atoms. The molecule has 0 atom stereocenters. The molecular formula is C22H28N2O2. The van der Waals surface area contributed by atoms with Crippen molar-refractivity contribution in [1.82, 2.24) is 4.98 Å². The van der Waals surface area contributed by atoms with Gasteiger partial charge in [-0.3, -0.25) is 4.98 Å². The smallest absolute Gasteiger partial charge is 0.339 e. The van der Waals surface area contributed by atoms with Gasteiger partial charge in [0.2, 0.25) is 0 Å². The average molecular weight is 352 g/mol. The van der Waals surface area contributed by atoms with Crippen LogP contribution in [0.4, 0.5) is 5.69 Å². The Labute approximate surface area is 155 Å². The zero-order valence-corrected chi connectivity index (χ0v) is 15.9. The minimum atomic E-state index is -0.898. The van der Waals surface area contributed by atoms with E-state index in [0.717, 1.165) is 49.0 Å². The van der Waals surface area contributed by atoms with E-state index < -0.39 is 5.97 Å². The van der Waals surface area contributed by atoms with Crippen LogP contribution in [0.25, 0.3) is 0 Å². The second-order valence-electron chi connectivity index (χ2n) is 7.27. The molecule has 0 saturated heterocycles. The van der Waals surface area contributed by atoms with Gasteiger partial charge in [0.1, 0.15) is 5.56 Å². The fourth-order valence-corrected chi connectivity index (χ4v) is 4.24. The summed E-state index contributed by atoms with van der Waals surface area (Å²) in [6.07, 6.45) is 5.16. The highest BCUT2D eigenvalue weighted by molar-refractivity contribution is 5.96. The summed E-state index contributed by atoms with van der Waals surface area (Å²) in [6.45, 7) is 5.81. The zero-order valence-electron chi connectivity index (χ0n) is 15.9. The van der Waals surface area contributed by atoms with Crippen LogP contribution in [0.1, 0.15) is 71.4 Å². The number of aromatic carboxylic acids is 1. The van der Waals surface area contributed by atoms with Crippen LogP contribution >= 0.6 is 0 Å². The zero-order chi connectivity index (χ0) is 18.7. The lowest BCUT2D eigenvalue weighted by atomic mass is 9.81. The van der Waals surface area contributed by atoms with Crippen LogP contribution in [-0.2, 0) is 6.42 Å². The second-order valence-corrected chi connectivity index (χ2v) is 7.27. The van der Waals surface area contributed by atoms with E-state index >= 15 is 0 Å². The van der Waals surface area contributed by atoms with Crippen LogP contribution in [0.5, 0.6) is 0 Å². The van der Waals surface area contributed by atoms with Gasteiger partial charge in [-0.05, 0) is 63.0 Å². The molecule has 0 spiro atoms. The van der Waals surface area contributed by atoms with Crippen LogP contribution < -0.4 is 5.32 Å². The molecule has 1 fully saturated rings. The summed E-state index contributed by atoms with van der Waals surface area (Å²) in [4.78, 5) is 16.3. The van der Waals surface area contributed by atoms with Crippen LogP contribution in [0.15, 0.2) is 30.3 Å². The number of aryl methyl sites for hydroxylation is 2. The van der Waals surface area contributed by atoms with Gasteiger partial charge in [0.25, 0.3) is 0 Å². The molecule has 1 aliphatic rings. The number of rotatable bonds is 5. The summed E-state index contributed by atoms with van der Waals surface area (Å²) in [5.74, 6) is -0.287. The number of carbonyl (C=O) groups is 1. The number of carboxylic acid groups (broad SMARTS) is 1. The number of nitrogens with one attached hydrogen (secondary N) is 1. The molecule has 138 valence electrons. The van der Waals surface area contributed by atoms with Crippen molar-refractivity contribution in [3.63, 3.8) is 0 Å². The van der Waals surface area contributed by atoms with Crippen LogP contribution in [0.2, 0.25) is 0 Å². The second kappa shape index (κ2) is 7.90. The first kappa shape index (κ1) is 18.4. The predicted molar refractivity (Wildman–Crippen MR) is 105 cm³/mol. The summed E-state index contributed by atoms with van der Waals surface area (Å²) in [5.41, 5.74) is 5.08. The Morgan fingerprint density at radius 1 is 1.12 bits per heavy atom. The molecule has 0 aliphatic heterocycles. The molecule has 3 rings (SSSR count). The molecule has 0 unspecified atom stereocenters. The van der Waals surface area contributed by atoms with Gasteiger partial charge in [0.15, 0.2) is 0 Å². The van der Waals surface area contributed by atoms with Gasteiger partial charge in [0.05, 0.1) is 11.4 Å². The third kappa shape index (κ3) is 3.74. The SMILES string of the molecule is CCc1c(C)nc(C)c(C(=O)O)c1NC1CCC(c2ccccc2)CC1. The van der Waals surface area contributed by atoms with Crippen LogP contribution in [-0.4, -0.2) is 22.1 Å². The molecule has 0 amide bonds. The van der Waals surface area contributed by atoms with E-state index in [1.807, 2.05) is 6.92 Å². The van der Waals surface area contributed by atoms with Gasteiger partial charge < -0.3 is 10.4 Å². The lowest BCUT2D eigenvalue weighted by Crippen LogP contribution is -2.27. The molecule has 2 aromatic rings. The maximum Gasteiger partial charge on any atom is 0.339 e. The number of anilines is 1. The largest absolute Gasteiger partial charge is 0.478 e. The molecule has 1 aliphatic carbocycles. The maximum absolute atomic E-state index is 11.8. The summed E-state index contributed by atoms with van der Waals surface area (Å²) in [5, 5.41) is 13.3. The lowest BCUT2D eigenvalue weighted by Gasteiger charge is -2.31. The van der Waals surface area contributed by atoms with Crippen LogP contribution in [0, 0.1) is 13.8 Å². The van der Waals surface area contributed by atoms with E-state index in [1.54, 1.807) is 6.92 Å². The van der Waals surface area contributed by atoms with Crippen molar-refractivity contribution in [3.05, 3.63) is 58.4 Å². The topological polar surface area (TPSA) is 62.2 Å². The van der Waals surface area contributed by atoms with Gasteiger partial charge in [-0.25, -0.2) is 4.79 Å². The third-order valence-electron chi connectivity index (χ3n) is 5.60. The van der Waals surface area contributed by atoms with Crippen molar-refractivity contribution < 1.29 is 9.90 Å². The number of benzene rings is 1. The lowest BCUT2D eigenvalue weighted by molar-refractivity contribution is 0.0696. The minimum absolute atomic E-state index is 0.319. The number of aromatic nitrogens is 1. The van der Waals surface area contributed by atoms with Crippen molar-refractivity contribution in [2.75, 3.05) is 5.32 Å². The Kier molecular flexibility index (Phi) is 5.60. The van der Waals surface area contributed by atoms with Gasteiger partial charge in [-0.1, -0.05) is 37.3 Å². The van der Waals surface area contributed by atoms with E-state index in [2.05, 4.69) is 47.6 Å². The van der Waals surface area contributed by atoms with Gasteiger partial charge in [0, 0.05) is 11.7 Å². The molecule has 2 N–H and O–H groups in total. The van der Waals surface area contributed by atoms with E-state index in [-0.39, 0.29) is 0 Å². The molecule has 4 nitrogen and oxygen atoms in total. The highest BCUT2D eigenvalue weighted by Crippen LogP contribution is 2.35. The van der Waals surface area contributed by atoms with Crippen molar-refractivity contribution in [3.8, 4) is 0 Å². The monoisotopic (exact) mass is 352 g/mol. The molecule has 0 radical (unpaired) electrons. The maximum atomic E-state index is 11.8. The Morgan fingerprint density at radius 2 is 1.77 bits per heavy atom. The first-order valence-corrected chi connectivity index (χ1v) is 9.56. The first-order valence-electron chi connectivity index (χ1n) is 9.56. The van der Waals surface area contributed by atoms with Crippen molar-refractivity contribution in [1.29, 1.82) is 0 Å². The van der Waals surface area contributed by atoms with Crippen molar-refractivity contribution in [2.45, 2.75) is 64.8 Å². The Morgan fingerprint density at radius 3 is 2.35 bits per heavy atom. The number of carboxylic acids is 1. The summed E-state index contributed by atoms with van der Waals surface area (Å²) < 4.78 is 0. The predicted octanol–water partition coefficient (Wildman–Crippen LogP) is 5.10. The fourth-order valence-electron chi connectivity index (χ4n) is 4.24. The van der Waals surface area contributed by atoms with Gasteiger partial charge in [-0.15, -0.1) is 0 Å². The fraction of sp³-hybridized carbons (Fsp3) is 0.455. The number of pyridine rings is 1. The normalized spacial score (nSPS) is 20.0. The molecule has 1 aromatic carbocycles. The van der Waals surface area contributed by atoms with E-state index in [1.165, 1.54) is 5.56 Å². The van der Waals surface area contributed by atoms with E-state index in [0.29, 0.717) is 23.2 Å². The highest BCUT2D eigenvalue weighted by Gasteiger charge is 2.26. The summed E-state index contributed by atoms with van der Waals surface area (Å²) in [6, 6.07) is 11.0. The summed E-state index contributed by atoms with van der Waals surface area (Å²) in [7, 11) is 0. The molecule has 4 heteroatoms. The molecule has 1 aromatic heterocycles. The van der Waals surface area contributed by atoms with Gasteiger partial charge >= 0.3 is 5.97 Å². The number of nitrogens with zero attached hydrogens (tertiary/aromatic N) is 1. The minimum Gasteiger partial charge on any atom is -0.478 e. The third-order valence-corrected chi connectivity index (χ3v) is 5.60. The van der Waals surface area contributed by atoms with Gasteiger partial charge in [-0.2, -0.15) is 0 Å². The highest BCUT2D eigenvalue weighted by atomic mass is 16.4. The Balaban J connectivity index is 1.79. The van der Waals surface area contributed by atoms with Crippen molar-refractivity contribution in [2.24, 2.45) is 0 Å². The molecule has 1 saturated carbocycles. The molecular weight excluding hydrogens is 324 g/mol. The average Bonchev–Trinajstić information content (AvgIpc) is 2.62. The standard InChI is InChI=1S/C22H28N2O2/c1-4-19-14(2)23-15(3)20(22(25)26)21(19)24-18-12-10-17(11-13-18)16-8-6-5-7-9-16/h5-9,17-18H,4,10-13H2,1-3H3,(H,23,24)(H,25,26). The quantitative estimate of drug-likeness (QED) is 0.786. The van der Waals surface area contributed by atoms with Crippen molar-refractivity contribution >= 4 is 11.7 Å². The van der Waals surface area contributed by atoms with E-state index in [9.17, 15) is 9.90 Å². The Bertz CT molecular complexity index is 778. The summed E-state index contributed by atoms with van der Waals surface area (Å²) >= 11 is 0. The van der Waals surface area contributed by atoms with E-state index in [4.69, 9.17) is 0 Å².